The number of hydrogen-bond acceptors (Lipinski definition) is 3. The Balaban J connectivity index is 2.90. The van der Waals surface area contributed by atoms with E-state index in [1.807, 2.05) is 18.2 Å². The number of unbranched alkanes of at least 4 members (excludes halogenated alkanes) is 1. The highest BCUT2D eigenvalue weighted by molar-refractivity contribution is 5.82. The molecule has 0 fully saturated rings. The van der Waals surface area contributed by atoms with Crippen molar-refractivity contribution in [3.05, 3.63) is 29.3 Å². The fourth-order valence-corrected chi connectivity index (χ4v) is 1.40. The summed E-state index contributed by atoms with van der Waals surface area (Å²) in [5.41, 5.74) is 8.53. The number of nitrogens with two attached hydrogens (primary N) is 1. The SMILES string of the molecule is CCCCc1cc(N)ccc1C=NO. The first-order valence-electron chi connectivity index (χ1n) is 4.83. The van der Waals surface area contributed by atoms with E-state index < -0.39 is 0 Å². The highest BCUT2D eigenvalue weighted by Crippen LogP contribution is 2.14. The third kappa shape index (κ3) is 2.76. The fourth-order valence-electron chi connectivity index (χ4n) is 1.40. The summed E-state index contributed by atoms with van der Waals surface area (Å²) in [4.78, 5) is 0. The van der Waals surface area contributed by atoms with Crippen molar-refractivity contribution < 1.29 is 5.21 Å². The Kier molecular flexibility index (Phi) is 3.98. The molecule has 0 aliphatic rings. The van der Waals surface area contributed by atoms with E-state index in [1.165, 1.54) is 6.21 Å². The minimum Gasteiger partial charge on any atom is -0.411 e. The van der Waals surface area contributed by atoms with E-state index in [9.17, 15) is 0 Å². The number of nitrogen functional groups attached to an aromatic ring is 1. The number of nitrogens with zero attached hydrogens (tertiary/aromatic N) is 1. The first kappa shape index (κ1) is 10.6. The molecule has 0 saturated carbocycles. The zero-order valence-electron chi connectivity index (χ0n) is 8.40. The van der Waals surface area contributed by atoms with Crippen LogP contribution in [0.2, 0.25) is 0 Å². The highest BCUT2D eigenvalue weighted by Gasteiger charge is 2.00. The molecule has 1 aromatic carbocycles. The molecule has 1 aromatic rings. The van der Waals surface area contributed by atoms with Crippen LogP contribution in [-0.4, -0.2) is 11.4 Å². The maximum atomic E-state index is 8.48. The highest BCUT2D eigenvalue weighted by atomic mass is 16.4. The summed E-state index contributed by atoms with van der Waals surface area (Å²) in [7, 11) is 0. The van der Waals surface area contributed by atoms with Crippen LogP contribution in [-0.2, 0) is 6.42 Å². The lowest BCUT2D eigenvalue weighted by Gasteiger charge is -2.05. The predicted molar refractivity (Wildman–Crippen MR) is 58.8 cm³/mol. The van der Waals surface area contributed by atoms with Crippen LogP contribution < -0.4 is 5.73 Å². The second-order valence-electron chi connectivity index (χ2n) is 3.31. The number of rotatable bonds is 4. The maximum absolute atomic E-state index is 8.48. The van der Waals surface area contributed by atoms with Crippen molar-refractivity contribution >= 4 is 11.9 Å². The molecule has 0 atom stereocenters. The van der Waals surface area contributed by atoms with Gasteiger partial charge in [0.2, 0.25) is 0 Å². The van der Waals surface area contributed by atoms with E-state index in [0.717, 1.165) is 36.1 Å². The summed E-state index contributed by atoms with van der Waals surface area (Å²) in [6, 6.07) is 5.62. The van der Waals surface area contributed by atoms with Crippen molar-refractivity contribution in [3.8, 4) is 0 Å². The van der Waals surface area contributed by atoms with E-state index in [2.05, 4.69) is 12.1 Å². The van der Waals surface area contributed by atoms with Gasteiger partial charge < -0.3 is 10.9 Å². The Morgan fingerprint density at radius 3 is 2.93 bits per heavy atom. The van der Waals surface area contributed by atoms with Gasteiger partial charge in [-0.15, -0.1) is 0 Å². The molecular weight excluding hydrogens is 176 g/mol. The largest absolute Gasteiger partial charge is 0.411 e. The number of benzene rings is 1. The van der Waals surface area contributed by atoms with Crippen molar-refractivity contribution in [3.63, 3.8) is 0 Å². The second kappa shape index (κ2) is 5.27. The van der Waals surface area contributed by atoms with Crippen molar-refractivity contribution in [2.75, 3.05) is 5.73 Å². The normalized spacial score (nSPS) is 10.9. The lowest BCUT2D eigenvalue weighted by molar-refractivity contribution is 0.322. The topological polar surface area (TPSA) is 58.6 Å². The summed E-state index contributed by atoms with van der Waals surface area (Å²) in [6.07, 6.45) is 4.69. The molecule has 0 bridgehead atoms. The Bertz CT molecular complexity index is 321. The monoisotopic (exact) mass is 192 g/mol. The molecule has 3 nitrogen and oxygen atoms in total. The fraction of sp³-hybridized carbons (Fsp3) is 0.364. The van der Waals surface area contributed by atoms with Crippen LogP contribution in [0.4, 0.5) is 5.69 Å². The van der Waals surface area contributed by atoms with Gasteiger partial charge in [-0.05, 0) is 36.1 Å². The molecule has 0 amide bonds. The Hall–Kier alpha value is -1.51. The van der Waals surface area contributed by atoms with Gasteiger partial charge in [0.15, 0.2) is 0 Å². The van der Waals surface area contributed by atoms with Crippen LogP contribution >= 0.6 is 0 Å². The first-order valence-corrected chi connectivity index (χ1v) is 4.83. The average Bonchev–Trinajstić information content (AvgIpc) is 2.18. The molecule has 14 heavy (non-hydrogen) atoms. The van der Waals surface area contributed by atoms with Gasteiger partial charge in [0.25, 0.3) is 0 Å². The van der Waals surface area contributed by atoms with Crippen molar-refractivity contribution in [2.45, 2.75) is 26.2 Å². The van der Waals surface area contributed by atoms with Gasteiger partial charge in [0.1, 0.15) is 0 Å². The van der Waals surface area contributed by atoms with Crippen LogP contribution in [0.25, 0.3) is 0 Å². The first-order chi connectivity index (χ1) is 6.77. The van der Waals surface area contributed by atoms with Gasteiger partial charge in [-0.3, -0.25) is 0 Å². The van der Waals surface area contributed by atoms with Crippen LogP contribution in [0.3, 0.4) is 0 Å². The molecule has 0 aliphatic heterocycles. The lowest BCUT2D eigenvalue weighted by Crippen LogP contribution is -1.96. The molecule has 0 aromatic heterocycles. The standard InChI is InChI=1S/C11H16N2O/c1-2-3-4-9-7-11(12)6-5-10(9)8-13-14/h5-8,14H,2-4,12H2,1H3. The molecule has 76 valence electrons. The summed E-state index contributed by atoms with van der Waals surface area (Å²) in [5.74, 6) is 0. The van der Waals surface area contributed by atoms with Gasteiger partial charge >= 0.3 is 0 Å². The van der Waals surface area contributed by atoms with Gasteiger partial charge in [-0.1, -0.05) is 24.6 Å². The molecule has 1 rings (SSSR count). The van der Waals surface area contributed by atoms with Gasteiger partial charge in [0, 0.05) is 5.69 Å². The molecular formula is C11H16N2O. The van der Waals surface area contributed by atoms with Gasteiger partial charge in [0.05, 0.1) is 6.21 Å². The van der Waals surface area contributed by atoms with Crippen LogP contribution in [0.1, 0.15) is 30.9 Å². The number of hydrogen-bond donors (Lipinski definition) is 2. The van der Waals surface area contributed by atoms with Crippen molar-refractivity contribution in [1.82, 2.24) is 0 Å². The Labute approximate surface area is 84.2 Å². The van der Waals surface area contributed by atoms with Crippen molar-refractivity contribution in [2.24, 2.45) is 5.16 Å². The molecule has 0 radical (unpaired) electrons. The van der Waals surface area contributed by atoms with Crippen molar-refractivity contribution in [1.29, 1.82) is 0 Å². The zero-order chi connectivity index (χ0) is 10.4. The summed E-state index contributed by atoms with van der Waals surface area (Å²) < 4.78 is 0. The molecule has 0 saturated heterocycles. The van der Waals surface area contributed by atoms with E-state index in [4.69, 9.17) is 10.9 Å². The van der Waals surface area contributed by atoms with E-state index in [1.54, 1.807) is 0 Å². The number of oxime groups is 1. The third-order valence-corrected chi connectivity index (χ3v) is 2.16. The maximum Gasteiger partial charge on any atom is 0.0736 e. The third-order valence-electron chi connectivity index (χ3n) is 2.16. The minimum atomic E-state index is 0.756. The minimum absolute atomic E-state index is 0.756. The summed E-state index contributed by atoms with van der Waals surface area (Å²) in [5, 5.41) is 11.5. The van der Waals surface area contributed by atoms with E-state index >= 15 is 0 Å². The summed E-state index contributed by atoms with van der Waals surface area (Å²) in [6.45, 7) is 2.14. The number of aryl methyl sites for hydroxylation is 1. The smallest absolute Gasteiger partial charge is 0.0736 e. The lowest BCUT2D eigenvalue weighted by atomic mass is 10.0. The zero-order valence-corrected chi connectivity index (χ0v) is 8.40. The Morgan fingerprint density at radius 2 is 2.29 bits per heavy atom. The van der Waals surface area contributed by atoms with Gasteiger partial charge in [-0.2, -0.15) is 0 Å². The number of anilines is 1. The molecule has 0 heterocycles. The molecule has 0 aliphatic carbocycles. The molecule has 0 spiro atoms. The average molecular weight is 192 g/mol. The molecule has 3 heteroatoms. The quantitative estimate of drug-likeness (QED) is 0.333. The predicted octanol–water partition coefficient (Wildman–Crippen LogP) is 2.42. The van der Waals surface area contributed by atoms with E-state index in [-0.39, 0.29) is 0 Å². The van der Waals surface area contributed by atoms with Crippen LogP contribution in [0.15, 0.2) is 23.4 Å². The van der Waals surface area contributed by atoms with Crippen LogP contribution in [0.5, 0.6) is 0 Å². The van der Waals surface area contributed by atoms with Gasteiger partial charge in [-0.25, -0.2) is 0 Å². The Morgan fingerprint density at radius 1 is 1.50 bits per heavy atom. The molecule has 0 unspecified atom stereocenters. The second-order valence-corrected chi connectivity index (χ2v) is 3.31. The van der Waals surface area contributed by atoms with Crippen LogP contribution in [0, 0.1) is 0 Å². The molecule has 3 N–H and O–H groups in total. The summed E-state index contributed by atoms with van der Waals surface area (Å²) >= 11 is 0. The van der Waals surface area contributed by atoms with E-state index in [0.29, 0.717) is 0 Å².